The lowest BCUT2D eigenvalue weighted by Crippen LogP contribution is -2.66. The van der Waals surface area contributed by atoms with Gasteiger partial charge < -0.3 is 28.4 Å². The highest BCUT2D eigenvalue weighted by Gasteiger charge is 2.73. The first kappa shape index (κ1) is 22.0. The van der Waals surface area contributed by atoms with Crippen LogP contribution in [0.25, 0.3) is 0 Å². The maximum Gasteiger partial charge on any atom is 0.465 e. The maximum absolute atomic E-state index is 13.8. The number of esters is 2. The number of hydrogen-bond donors (Lipinski definition) is 1. The van der Waals surface area contributed by atoms with Crippen molar-refractivity contribution in [3.05, 3.63) is 0 Å². The third kappa shape index (κ3) is 2.85. The number of carbonyl (C=O) groups is 2. The van der Waals surface area contributed by atoms with Crippen LogP contribution in [0.5, 0.6) is 0 Å². The van der Waals surface area contributed by atoms with Gasteiger partial charge in [0.15, 0.2) is 30.4 Å². The molecular formula is C19H22F2O11S. The van der Waals surface area contributed by atoms with E-state index in [4.69, 9.17) is 33.0 Å². The van der Waals surface area contributed by atoms with Crippen molar-refractivity contribution in [2.75, 3.05) is 7.11 Å². The van der Waals surface area contributed by atoms with Crippen LogP contribution in [-0.4, -0.2) is 79.4 Å². The smallest absolute Gasteiger partial charge is 0.454 e. The summed E-state index contributed by atoms with van der Waals surface area (Å²) in [4.78, 5) is 24.1. The molecule has 3 heterocycles. The minimum atomic E-state index is -5.96. The molecule has 1 N–H and O–H groups in total. The van der Waals surface area contributed by atoms with E-state index in [1.54, 1.807) is 0 Å². The Labute approximate surface area is 186 Å². The number of alkyl halides is 2. The highest BCUT2D eigenvalue weighted by atomic mass is 32.2. The number of hydrogen-bond acceptors (Lipinski definition) is 10. The topological polar surface area (TPSA) is 144 Å². The van der Waals surface area contributed by atoms with Crippen LogP contribution in [0.1, 0.15) is 32.1 Å². The molecule has 4 aliphatic carbocycles. The first-order valence-corrected chi connectivity index (χ1v) is 12.2. The second kappa shape index (κ2) is 6.61. The fraction of sp³-hybridized carbons (Fsp3) is 0.895. The van der Waals surface area contributed by atoms with Gasteiger partial charge in [0.1, 0.15) is 11.7 Å². The molecule has 3 aliphatic heterocycles. The molecule has 184 valence electrons. The van der Waals surface area contributed by atoms with Crippen LogP contribution in [0.3, 0.4) is 0 Å². The Kier molecular flexibility index (Phi) is 4.41. The van der Waals surface area contributed by atoms with E-state index in [9.17, 15) is 26.8 Å². The van der Waals surface area contributed by atoms with Crippen molar-refractivity contribution >= 4 is 22.1 Å². The van der Waals surface area contributed by atoms with Crippen LogP contribution in [0.2, 0.25) is 0 Å². The molecule has 0 aromatic rings. The fourth-order valence-electron chi connectivity index (χ4n) is 6.96. The van der Waals surface area contributed by atoms with Crippen LogP contribution < -0.4 is 0 Å². The number of rotatable bonds is 4. The first-order chi connectivity index (χ1) is 15.4. The van der Waals surface area contributed by atoms with E-state index in [0.29, 0.717) is 19.3 Å². The second-order valence-corrected chi connectivity index (χ2v) is 11.3. The van der Waals surface area contributed by atoms with Gasteiger partial charge in [-0.05, 0) is 38.0 Å². The van der Waals surface area contributed by atoms with E-state index in [0.717, 1.165) is 0 Å². The summed E-state index contributed by atoms with van der Waals surface area (Å²) in [6.45, 7) is 0. The minimum absolute atomic E-state index is 0.0452. The summed E-state index contributed by atoms with van der Waals surface area (Å²) in [5.41, 5.74) is -1.30. The third-order valence-electron chi connectivity index (χ3n) is 8.01. The summed E-state index contributed by atoms with van der Waals surface area (Å²) in [6, 6.07) is 0. The molecule has 4 bridgehead atoms. The Hall–Kier alpha value is -1.45. The molecule has 11 nitrogen and oxygen atoms in total. The van der Waals surface area contributed by atoms with Crippen molar-refractivity contribution in [1.29, 1.82) is 0 Å². The molecule has 1 spiro atoms. The zero-order valence-electron chi connectivity index (χ0n) is 17.3. The Balaban J connectivity index is 1.23. The fourth-order valence-corrected chi connectivity index (χ4v) is 7.21. The van der Waals surface area contributed by atoms with Gasteiger partial charge in [-0.1, -0.05) is 0 Å². The number of ether oxygens (including phenoxy) is 6. The van der Waals surface area contributed by atoms with E-state index >= 15 is 0 Å². The highest BCUT2D eigenvalue weighted by molar-refractivity contribution is 7.87. The summed E-state index contributed by atoms with van der Waals surface area (Å²) in [5.74, 6) is -4.58. The lowest BCUT2D eigenvalue weighted by molar-refractivity contribution is -0.343. The Morgan fingerprint density at radius 2 is 1.79 bits per heavy atom. The lowest BCUT2D eigenvalue weighted by atomic mass is 9.51. The maximum atomic E-state index is 13.8. The number of carbonyl (C=O) groups excluding carboxylic acids is 2. The van der Waals surface area contributed by atoms with Gasteiger partial charge in [0.2, 0.25) is 0 Å². The summed E-state index contributed by atoms with van der Waals surface area (Å²) in [5, 5.41) is -5.06. The molecule has 7 atom stereocenters. The van der Waals surface area contributed by atoms with Crippen LogP contribution in [0.4, 0.5) is 8.78 Å². The standard InChI is InChI=1S/C19H22F2O11S/c1-27-12-10-11(28-14(12)22)13-15(29-10)31-18(30-13)8-2-7-3-9(18)6-17(4-7,5-8)32-16(23)19(20,21)33(24,25)26/h7-13,15H,2-6H2,1H3,(H,24,25,26). The van der Waals surface area contributed by atoms with Crippen LogP contribution >= 0.6 is 0 Å². The molecule has 4 saturated carbocycles. The highest BCUT2D eigenvalue weighted by Crippen LogP contribution is 2.65. The SMILES string of the molecule is COC1C(=O)OC2C3OC4(OC3OC12)C1CC2CC4CC(OC(=O)C(F)(F)S(=O)(=O)O)(C2)C1. The van der Waals surface area contributed by atoms with Crippen molar-refractivity contribution in [2.45, 2.75) is 79.5 Å². The second-order valence-electron chi connectivity index (χ2n) is 9.86. The van der Waals surface area contributed by atoms with Crippen LogP contribution in [0.15, 0.2) is 0 Å². The average molecular weight is 496 g/mol. The van der Waals surface area contributed by atoms with Gasteiger partial charge in [-0.2, -0.15) is 17.2 Å². The van der Waals surface area contributed by atoms with Gasteiger partial charge >= 0.3 is 27.3 Å². The lowest BCUT2D eigenvalue weighted by Gasteiger charge is -2.62. The van der Waals surface area contributed by atoms with Crippen molar-refractivity contribution in [3.63, 3.8) is 0 Å². The first-order valence-electron chi connectivity index (χ1n) is 10.7. The molecule has 0 amide bonds. The van der Waals surface area contributed by atoms with Gasteiger partial charge in [0.25, 0.3) is 0 Å². The molecule has 7 fully saturated rings. The van der Waals surface area contributed by atoms with E-state index < -0.39 is 69.4 Å². The van der Waals surface area contributed by atoms with Gasteiger partial charge in [-0.3, -0.25) is 4.55 Å². The minimum Gasteiger partial charge on any atom is -0.454 e. The van der Waals surface area contributed by atoms with E-state index in [2.05, 4.69) is 0 Å². The summed E-state index contributed by atoms with van der Waals surface area (Å²) >= 11 is 0. The molecule has 3 saturated heterocycles. The van der Waals surface area contributed by atoms with Crippen molar-refractivity contribution in [3.8, 4) is 0 Å². The molecule has 7 rings (SSSR count). The summed E-state index contributed by atoms with van der Waals surface area (Å²) in [6.07, 6.45) is -1.89. The van der Waals surface area contributed by atoms with Crippen molar-refractivity contribution in [2.24, 2.45) is 17.8 Å². The van der Waals surface area contributed by atoms with Gasteiger partial charge in [0.05, 0.1) is 0 Å². The zero-order valence-corrected chi connectivity index (χ0v) is 18.2. The van der Waals surface area contributed by atoms with Gasteiger partial charge in [0, 0.05) is 18.9 Å². The molecule has 7 aliphatic rings. The van der Waals surface area contributed by atoms with Crippen LogP contribution in [0, 0.1) is 17.8 Å². The van der Waals surface area contributed by atoms with Gasteiger partial charge in [-0.25, -0.2) is 9.59 Å². The summed E-state index contributed by atoms with van der Waals surface area (Å²) < 4.78 is 92.5. The zero-order chi connectivity index (χ0) is 23.6. The molecule has 14 heteroatoms. The molecule has 0 radical (unpaired) electrons. The molecule has 0 aromatic heterocycles. The normalized spacial score (nSPS) is 49.9. The predicted molar refractivity (Wildman–Crippen MR) is 96.9 cm³/mol. The number of fused-ring (bicyclic) bond motifs is 3. The van der Waals surface area contributed by atoms with Crippen molar-refractivity contribution in [1.82, 2.24) is 0 Å². The Morgan fingerprint density at radius 1 is 1.12 bits per heavy atom. The van der Waals surface area contributed by atoms with Gasteiger partial charge in [-0.15, -0.1) is 0 Å². The number of methoxy groups -OCH3 is 1. The Bertz CT molecular complexity index is 999. The Morgan fingerprint density at radius 3 is 2.39 bits per heavy atom. The van der Waals surface area contributed by atoms with E-state index in [1.165, 1.54) is 7.11 Å². The largest absolute Gasteiger partial charge is 0.465 e. The molecule has 0 aromatic carbocycles. The predicted octanol–water partition coefficient (Wildman–Crippen LogP) is 0.366. The van der Waals surface area contributed by atoms with Crippen molar-refractivity contribution < 1.29 is 59.8 Å². The number of halogens is 2. The molecule has 7 unspecified atom stereocenters. The van der Waals surface area contributed by atoms with E-state index in [-0.39, 0.29) is 30.6 Å². The average Bonchev–Trinajstić information content (AvgIpc) is 3.32. The summed E-state index contributed by atoms with van der Waals surface area (Å²) in [7, 11) is -4.59. The van der Waals surface area contributed by atoms with Crippen LogP contribution in [-0.2, 0) is 48.1 Å². The monoisotopic (exact) mass is 496 g/mol. The van der Waals surface area contributed by atoms with E-state index in [1.807, 2.05) is 0 Å². The third-order valence-corrected chi connectivity index (χ3v) is 8.82. The quantitative estimate of drug-likeness (QED) is 0.426. The molecule has 33 heavy (non-hydrogen) atoms. The molecular weight excluding hydrogens is 474 g/mol.